The number of aromatic nitrogens is 5. The lowest BCUT2D eigenvalue weighted by atomic mass is 10.2. The van der Waals surface area contributed by atoms with Gasteiger partial charge in [-0.15, -0.1) is 10.2 Å². The highest BCUT2D eigenvalue weighted by atomic mass is 32.2. The normalized spacial score (nSPS) is 11.5. The first kappa shape index (κ1) is 21.2. The number of para-hydroxylation sites is 2. The van der Waals surface area contributed by atoms with E-state index < -0.39 is 0 Å². The second-order valence-corrected chi connectivity index (χ2v) is 8.25. The summed E-state index contributed by atoms with van der Waals surface area (Å²) in [5, 5.41) is 12.4. The number of rotatable bonds is 9. The average Bonchev–Trinajstić information content (AvgIpc) is 3.19. The van der Waals surface area contributed by atoms with E-state index in [1.807, 2.05) is 30.5 Å². The van der Waals surface area contributed by atoms with Crippen molar-refractivity contribution in [1.82, 2.24) is 29.2 Å². The van der Waals surface area contributed by atoms with Crippen LogP contribution in [0.1, 0.15) is 26.1 Å². The van der Waals surface area contributed by atoms with Crippen LogP contribution in [-0.4, -0.2) is 42.6 Å². The van der Waals surface area contributed by atoms with Crippen molar-refractivity contribution in [3.63, 3.8) is 0 Å². The maximum absolute atomic E-state index is 12.4. The van der Waals surface area contributed by atoms with Crippen LogP contribution in [0.25, 0.3) is 11.0 Å². The molecule has 0 bridgehead atoms. The van der Waals surface area contributed by atoms with E-state index in [0.717, 1.165) is 41.4 Å². The molecule has 0 saturated heterocycles. The summed E-state index contributed by atoms with van der Waals surface area (Å²) in [5.74, 6) is 1.29. The molecule has 0 atom stereocenters. The van der Waals surface area contributed by atoms with Crippen molar-refractivity contribution < 1.29 is 4.79 Å². The largest absolute Gasteiger partial charge is 0.355 e. The van der Waals surface area contributed by atoms with Gasteiger partial charge in [-0.25, -0.2) is 4.79 Å². The van der Waals surface area contributed by atoms with Gasteiger partial charge in [0.2, 0.25) is 5.91 Å². The van der Waals surface area contributed by atoms with Gasteiger partial charge in [0.25, 0.3) is 0 Å². The summed E-state index contributed by atoms with van der Waals surface area (Å²) in [7, 11) is 1.72. The fourth-order valence-corrected chi connectivity index (χ4v) is 3.92. The van der Waals surface area contributed by atoms with Crippen molar-refractivity contribution in [3.8, 4) is 0 Å². The molecule has 0 saturated carbocycles. The standard InChI is InChI=1S/C20H28N6O2S/c1-14(2)12-26-17(22-23-19(26)29-4)10-7-11-21-18(27)13-25-16-9-6-5-8-15(16)24(3)20(25)28/h5-6,8-9,14H,7,10-13H2,1-4H3,(H,21,27). The minimum atomic E-state index is -0.187. The van der Waals surface area contributed by atoms with Crippen molar-refractivity contribution in [2.75, 3.05) is 12.8 Å². The minimum Gasteiger partial charge on any atom is -0.355 e. The predicted molar refractivity (Wildman–Crippen MR) is 115 cm³/mol. The number of benzene rings is 1. The van der Waals surface area contributed by atoms with Gasteiger partial charge >= 0.3 is 5.69 Å². The number of carbonyl (C=O) groups is 1. The molecule has 156 valence electrons. The maximum atomic E-state index is 12.4. The Labute approximate surface area is 174 Å². The molecule has 0 aliphatic carbocycles. The lowest BCUT2D eigenvalue weighted by molar-refractivity contribution is -0.121. The van der Waals surface area contributed by atoms with Gasteiger partial charge in [0, 0.05) is 26.6 Å². The molecule has 0 fully saturated rings. The van der Waals surface area contributed by atoms with Gasteiger partial charge in [0.05, 0.1) is 11.0 Å². The van der Waals surface area contributed by atoms with Crippen LogP contribution in [0.2, 0.25) is 0 Å². The Morgan fingerprint density at radius 2 is 1.90 bits per heavy atom. The van der Waals surface area contributed by atoms with Gasteiger partial charge in [-0.2, -0.15) is 0 Å². The summed E-state index contributed by atoms with van der Waals surface area (Å²) >= 11 is 1.59. The van der Waals surface area contributed by atoms with Gasteiger partial charge in [0.15, 0.2) is 5.16 Å². The number of amides is 1. The number of aryl methyl sites for hydroxylation is 2. The third-order valence-electron chi connectivity index (χ3n) is 4.78. The minimum absolute atomic E-state index is 0.0142. The fourth-order valence-electron chi connectivity index (χ4n) is 3.39. The smallest absolute Gasteiger partial charge is 0.329 e. The Balaban J connectivity index is 1.56. The summed E-state index contributed by atoms with van der Waals surface area (Å²) < 4.78 is 5.23. The van der Waals surface area contributed by atoms with Gasteiger partial charge in [-0.3, -0.25) is 13.9 Å². The number of fused-ring (bicyclic) bond motifs is 1. The number of nitrogens with one attached hydrogen (secondary N) is 1. The van der Waals surface area contributed by atoms with E-state index in [1.54, 1.807) is 23.4 Å². The second kappa shape index (κ2) is 9.30. The number of hydrogen-bond acceptors (Lipinski definition) is 5. The first-order chi connectivity index (χ1) is 13.9. The van der Waals surface area contributed by atoms with E-state index in [0.29, 0.717) is 12.5 Å². The summed E-state index contributed by atoms with van der Waals surface area (Å²) in [6.45, 7) is 5.77. The van der Waals surface area contributed by atoms with Gasteiger partial charge in [-0.1, -0.05) is 37.7 Å². The molecule has 2 aromatic heterocycles. The molecule has 3 aromatic rings. The van der Waals surface area contributed by atoms with E-state index in [1.165, 1.54) is 4.57 Å². The molecular formula is C20H28N6O2S. The third-order valence-corrected chi connectivity index (χ3v) is 5.44. The van der Waals surface area contributed by atoms with Crippen LogP contribution in [0.15, 0.2) is 34.2 Å². The number of imidazole rings is 1. The van der Waals surface area contributed by atoms with E-state index in [9.17, 15) is 9.59 Å². The predicted octanol–water partition coefficient (Wildman–Crippen LogP) is 2.06. The molecule has 2 heterocycles. The third kappa shape index (κ3) is 4.72. The molecule has 29 heavy (non-hydrogen) atoms. The monoisotopic (exact) mass is 416 g/mol. The Kier molecular flexibility index (Phi) is 6.79. The molecule has 8 nitrogen and oxygen atoms in total. The summed E-state index contributed by atoms with van der Waals surface area (Å²) in [5.41, 5.74) is 1.40. The molecule has 1 amide bonds. The molecular weight excluding hydrogens is 388 g/mol. The number of hydrogen-bond donors (Lipinski definition) is 1. The van der Waals surface area contributed by atoms with Crippen molar-refractivity contribution in [3.05, 3.63) is 40.6 Å². The van der Waals surface area contributed by atoms with Crippen LogP contribution in [0.5, 0.6) is 0 Å². The van der Waals surface area contributed by atoms with Crippen molar-refractivity contribution in [2.24, 2.45) is 13.0 Å². The molecule has 3 rings (SSSR count). The zero-order valence-electron chi connectivity index (χ0n) is 17.4. The quantitative estimate of drug-likeness (QED) is 0.426. The average molecular weight is 417 g/mol. The Hall–Kier alpha value is -2.55. The maximum Gasteiger partial charge on any atom is 0.329 e. The molecule has 0 aliphatic heterocycles. The summed E-state index contributed by atoms with van der Waals surface area (Å²) in [6.07, 6.45) is 3.51. The van der Waals surface area contributed by atoms with Gasteiger partial charge in [-0.05, 0) is 30.7 Å². The highest BCUT2D eigenvalue weighted by molar-refractivity contribution is 7.98. The Bertz CT molecular complexity index is 1050. The highest BCUT2D eigenvalue weighted by Gasteiger charge is 2.14. The van der Waals surface area contributed by atoms with Crippen molar-refractivity contribution >= 4 is 28.7 Å². The van der Waals surface area contributed by atoms with E-state index in [-0.39, 0.29) is 18.1 Å². The van der Waals surface area contributed by atoms with Crippen LogP contribution in [0.3, 0.4) is 0 Å². The molecule has 0 aliphatic rings. The number of carbonyl (C=O) groups excluding carboxylic acids is 1. The molecule has 1 N–H and O–H groups in total. The molecule has 9 heteroatoms. The summed E-state index contributed by atoms with van der Waals surface area (Å²) in [4.78, 5) is 24.8. The van der Waals surface area contributed by atoms with Gasteiger partial charge in [0.1, 0.15) is 12.4 Å². The SMILES string of the molecule is CSc1nnc(CCCNC(=O)Cn2c(=O)n(C)c3ccccc32)n1CC(C)C. The highest BCUT2D eigenvalue weighted by Crippen LogP contribution is 2.16. The number of thioether (sulfide) groups is 1. The van der Waals surface area contributed by atoms with Gasteiger partial charge < -0.3 is 9.88 Å². The Morgan fingerprint density at radius 3 is 2.59 bits per heavy atom. The lowest BCUT2D eigenvalue weighted by Gasteiger charge is -2.12. The van der Waals surface area contributed by atoms with Crippen molar-refractivity contribution in [1.29, 1.82) is 0 Å². The molecule has 0 radical (unpaired) electrons. The van der Waals surface area contributed by atoms with Crippen LogP contribution >= 0.6 is 11.8 Å². The van der Waals surface area contributed by atoms with Crippen LogP contribution in [0.4, 0.5) is 0 Å². The molecule has 0 spiro atoms. The van der Waals surface area contributed by atoms with Crippen molar-refractivity contribution in [2.45, 2.75) is 44.9 Å². The Morgan fingerprint density at radius 1 is 1.17 bits per heavy atom. The van der Waals surface area contributed by atoms with E-state index >= 15 is 0 Å². The molecule has 1 aromatic carbocycles. The second-order valence-electron chi connectivity index (χ2n) is 7.48. The van der Waals surface area contributed by atoms with E-state index in [4.69, 9.17) is 0 Å². The van der Waals surface area contributed by atoms with E-state index in [2.05, 4.69) is 33.9 Å². The van der Waals surface area contributed by atoms with Crippen LogP contribution < -0.4 is 11.0 Å². The summed E-state index contributed by atoms with van der Waals surface area (Å²) in [6, 6.07) is 7.48. The zero-order chi connectivity index (χ0) is 21.0. The first-order valence-electron chi connectivity index (χ1n) is 9.79. The van der Waals surface area contributed by atoms with Crippen LogP contribution in [-0.2, 0) is 31.4 Å². The zero-order valence-corrected chi connectivity index (χ0v) is 18.2. The van der Waals surface area contributed by atoms with Crippen LogP contribution in [0, 0.1) is 5.92 Å². The lowest BCUT2D eigenvalue weighted by Crippen LogP contribution is -2.33. The fraction of sp³-hybridized carbons (Fsp3) is 0.500. The topological polar surface area (TPSA) is 86.7 Å². The first-order valence-corrected chi connectivity index (χ1v) is 11.0. The number of nitrogens with zero attached hydrogens (tertiary/aromatic N) is 5. The molecule has 0 unspecified atom stereocenters.